The number of hydrogen-bond acceptors (Lipinski definition) is 8. The van der Waals surface area contributed by atoms with Gasteiger partial charge in [-0.15, -0.1) is 0 Å². The van der Waals surface area contributed by atoms with Crippen LogP contribution in [0.25, 0.3) is 17.0 Å². The maximum atomic E-state index is 5.53. The summed E-state index contributed by atoms with van der Waals surface area (Å²) < 4.78 is 7.37. The molecule has 1 fully saturated rings. The van der Waals surface area contributed by atoms with Crippen LogP contribution >= 0.6 is 0 Å². The van der Waals surface area contributed by atoms with Crippen molar-refractivity contribution < 1.29 is 4.74 Å². The van der Waals surface area contributed by atoms with Crippen molar-refractivity contribution in [2.24, 2.45) is 5.10 Å². The normalized spacial score (nSPS) is 14.3. The summed E-state index contributed by atoms with van der Waals surface area (Å²) in [7, 11) is 0. The third-order valence-electron chi connectivity index (χ3n) is 5.32. The number of nitrogens with zero attached hydrogens (tertiary/aromatic N) is 7. The topological polar surface area (TPSA) is 92.8 Å². The third-order valence-corrected chi connectivity index (χ3v) is 5.32. The van der Waals surface area contributed by atoms with E-state index in [1.165, 1.54) is 5.56 Å². The Morgan fingerprint density at radius 2 is 2.03 bits per heavy atom. The maximum absolute atomic E-state index is 5.53. The van der Waals surface area contributed by atoms with Crippen molar-refractivity contribution in [1.29, 1.82) is 0 Å². The first kappa shape index (κ1) is 20.1. The molecule has 0 aliphatic carbocycles. The van der Waals surface area contributed by atoms with Gasteiger partial charge in [-0.3, -0.25) is 15.4 Å². The summed E-state index contributed by atoms with van der Waals surface area (Å²) in [5.74, 6) is 1.58. The van der Waals surface area contributed by atoms with Crippen LogP contribution in [0.1, 0.15) is 18.1 Å². The molecule has 4 aromatic rings. The summed E-state index contributed by atoms with van der Waals surface area (Å²) in [6.07, 6.45) is 7.80. The van der Waals surface area contributed by atoms with E-state index in [-0.39, 0.29) is 0 Å². The van der Waals surface area contributed by atoms with Gasteiger partial charge in [0.1, 0.15) is 17.2 Å². The van der Waals surface area contributed by atoms with Gasteiger partial charge in [0, 0.05) is 37.6 Å². The molecule has 0 amide bonds. The van der Waals surface area contributed by atoms with Gasteiger partial charge in [-0.25, -0.2) is 4.98 Å². The molecule has 1 aromatic carbocycles. The largest absolute Gasteiger partial charge is 0.378 e. The van der Waals surface area contributed by atoms with Crippen LogP contribution in [-0.2, 0) is 11.2 Å². The number of nitrogens with one attached hydrogen (secondary N) is 1. The van der Waals surface area contributed by atoms with Gasteiger partial charge >= 0.3 is 0 Å². The van der Waals surface area contributed by atoms with Crippen LogP contribution in [0.15, 0.2) is 60.1 Å². The van der Waals surface area contributed by atoms with Crippen molar-refractivity contribution in [3.05, 3.63) is 66.1 Å². The van der Waals surface area contributed by atoms with Gasteiger partial charge in [-0.05, 0) is 17.5 Å². The molecule has 9 heteroatoms. The Labute approximate surface area is 185 Å². The number of benzene rings is 1. The van der Waals surface area contributed by atoms with Crippen molar-refractivity contribution in [2.45, 2.75) is 13.3 Å². The Morgan fingerprint density at radius 1 is 1.12 bits per heavy atom. The summed E-state index contributed by atoms with van der Waals surface area (Å²) in [4.78, 5) is 15.5. The molecule has 1 N–H and O–H groups in total. The predicted octanol–water partition coefficient (Wildman–Crippen LogP) is 3.03. The highest BCUT2D eigenvalue weighted by Gasteiger charge is 2.18. The van der Waals surface area contributed by atoms with Crippen molar-refractivity contribution in [1.82, 2.24) is 24.6 Å². The minimum atomic E-state index is 0.646. The van der Waals surface area contributed by atoms with E-state index in [0.29, 0.717) is 30.4 Å². The molecule has 1 aliphatic heterocycles. The lowest BCUT2D eigenvalue weighted by Gasteiger charge is -2.29. The lowest BCUT2D eigenvalue weighted by molar-refractivity contribution is 0.122. The second-order valence-corrected chi connectivity index (χ2v) is 7.46. The Kier molecular flexibility index (Phi) is 5.71. The van der Waals surface area contributed by atoms with Crippen LogP contribution in [0.5, 0.6) is 0 Å². The quantitative estimate of drug-likeness (QED) is 0.373. The van der Waals surface area contributed by atoms with Crippen molar-refractivity contribution in [3.63, 3.8) is 0 Å². The average Bonchev–Trinajstić information content (AvgIpc) is 3.29. The van der Waals surface area contributed by atoms with Crippen LogP contribution < -0.4 is 10.3 Å². The maximum Gasteiger partial charge on any atom is 0.160 e. The summed E-state index contributed by atoms with van der Waals surface area (Å²) in [5.41, 5.74) is 7.53. The first-order valence-corrected chi connectivity index (χ1v) is 10.7. The second kappa shape index (κ2) is 9.11. The number of ether oxygens (including phenoxy) is 1. The number of aryl methyl sites for hydroxylation is 1. The molecule has 162 valence electrons. The minimum Gasteiger partial charge on any atom is -0.378 e. The monoisotopic (exact) mass is 428 g/mol. The van der Waals surface area contributed by atoms with E-state index < -0.39 is 0 Å². The molecule has 32 heavy (non-hydrogen) atoms. The summed E-state index contributed by atoms with van der Waals surface area (Å²) >= 11 is 0. The zero-order valence-corrected chi connectivity index (χ0v) is 17.8. The molecule has 0 spiro atoms. The van der Waals surface area contributed by atoms with Crippen LogP contribution in [0, 0.1) is 0 Å². The van der Waals surface area contributed by atoms with Gasteiger partial charge in [0.2, 0.25) is 0 Å². The van der Waals surface area contributed by atoms with Gasteiger partial charge in [-0.1, -0.05) is 31.2 Å². The van der Waals surface area contributed by atoms with E-state index in [4.69, 9.17) is 14.8 Å². The Hall–Kier alpha value is -3.85. The highest BCUT2D eigenvalue weighted by atomic mass is 16.5. The fraction of sp³-hybridized carbons (Fsp3) is 0.261. The number of morpholine rings is 1. The van der Waals surface area contributed by atoms with E-state index in [2.05, 4.69) is 44.5 Å². The molecular formula is C23H24N8O. The Morgan fingerprint density at radius 3 is 2.84 bits per heavy atom. The fourth-order valence-corrected chi connectivity index (χ4v) is 3.66. The molecule has 1 aliphatic rings. The van der Waals surface area contributed by atoms with Gasteiger partial charge in [0.15, 0.2) is 11.5 Å². The second-order valence-electron chi connectivity index (χ2n) is 7.46. The third kappa shape index (κ3) is 4.28. The van der Waals surface area contributed by atoms with Gasteiger partial charge in [0.25, 0.3) is 0 Å². The Bertz CT molecular complexity index is 1230. The van der Waals surface area contributed by atoms with E-state index in [1.54, 1.807) is 24.8 Å². The van der Waals surface area contributed by atoms with E-state index >= 15 is 0 Å². The van der Waals surface area contributed by atoms with E-state index in [0.717, 1.165) is 36.6 Å². The van der Waals surface area contributed by atoms with Crippen molar-refractivity contribution in [2.75, 3.05) is 36.6 Å². The number of rotatable bonds is 6. The molecule has 0 unspecified atom stereocenters. The smallest absolute Gasteiger partial charge is 0.160 e. The molecule has 0 radical (unpaired) electrons. The summed E-state index contributed by atoms with van der Waals surface area (Å²) in [6.45, 7) is 5.06. The highest BCUT2D eigenvalue weighted by Crippen LogP contribution is 2.24. The van der Waals surface area contributed by atoms with Gasteiger partial charge in [0.05, 0.1) is 25.6 Å². The first-order chi connectivity index (χ1) is 15.8. The molecule has 0 atom stereocenters. The van der Waals surface area contributed by atoms with Crippen LogP contribution in [0.3, 0.4) is 0 Å². The first-order valence-electron chi connectivity index (χ1n) is 10.7. The summed E-state index contributed by atoms with van der Waals surface area (Å²) in [6, 6.07) is 12.2. The lowest BCUT2D eigenvalue weighted by atomic mass is 10.1. The van der Waals surface area contributed by atoms with Crippen molar-refractivity contribution in [3.8, 4) is 11.4 Å². The van der Waals surface area contributed by atoms with Crippen LogP contribution in [0.2, 0.25) is 0 Å². The average molecular weight is 429 g/mol. The number of hydrogen-bond donors (Lipinski definition) is 1. The molecular weight excluding hydrogens is 404 g/mol. The molecule has 4 heterocycles. The summed E-state index contributed by atoms with van der Waals surface area (Å²) in [5, 5.41) is 9.16. The van der Waals surface area contributed by atoms with Crippen molar-refractivity contribution >= 4 is 23.5 Å². The number of fused-ring (bicyclic) bond motifs is 1. The molecule has 5 rings (SSSR count). The Balaban J connectivity index is 1.48. The lowest BCUT2D eigenvalue weighted by Crippen LogP contribution is -2.37. The molecule has 0 bridgehead atoms. The molecule has 3 aromatic heterocycles. The van der Waals surface area contributed by atoms with Crippen LogP contribution in [-0.4, -0.2) is 57.1 Å². The number of hydrazone groups is 1. The van der Waals surface area contributed by atoms with Gasteiger partial charge < -0.3 is 9.64 Å². The van der Waals surface area contributed by atoms with Gasteiger partial charge in [-0.2, -0.15) is 14.7 Å². The number of anilines is 2. The van der Waals surface area contributed by atoms with Crippen LogP contribution in [0.4, 0.5) is 11.6 Å². The molecule has 9 nitrogen and oxygen atoms in total. The zero-order valence-electron chi connectivity index (χ0n) is 17.8. The molecule has 1 saturated heterocycles. The minimum absolute atomic E-state index is 0.646. The van der Waals surface area contributed by atoms with E-state index in [9.17, 15) is 0 Å². The highest BCUT2D eigenvalue weighted by molar-refractivity contribution is 5.80. The SMILES string of the molecule is CCc1cccc(/C=N/Nc2cc(N3CCOCC3)n3nc(-c4cnccn4)cc3n2)c1. The number of aromatic nitrogens is 5. The standard InChI is InChI=1S/C23H24N8O/c1-2-17-4-3-5-18(12-17)15-26-28-21-14-23(30-8-10-32-11-9-30)31-22(27-21)13-19(29-31)20-16-24-6-7-25-20/h3-7,12-16H,2,8-11H2,1H3,(H,27,28)/b26-15+. The predicted molar refractivity (Wildman–Crippen MR) is 124 cm³/mol. The van der Waals surface area contributed by atoms with E-state index in [1.807, 2.05) is 28.8 Å². The molecule has 0 saturated carbocycles. The zero-order chi connectivity index (χ0) is 21.8. The fourth-order valence-electron chi connectivity index (χ4n) is 3.66.